The van der Waals surface area contributed by atoms with E-state index in [0.29, 0.717) is 0 Å². The molecule has 3 aromatic carbocycles. The van der Waals surface area contributed by atoms with Gasteiger partial charge in [-0.2, -0.15) is 0 Å². The van der Waals surface area contributed by atoms with E-state index in [9.17, 15) is 0 Å². The lowest BCUT2D eigenvalue weighted by Gasteiger charge is -2.26. The zero-order valence-corrected chi connectivity index (χ0v) is 23.5. The highest BCUT2D eigenvalue weighted by molar-refractivity contribution is 7.95. The van der Waals surface area contributed by atoms with Gasteiger partial charge in [-0.3, -0.25) is 0 Å². The Kier molecular flexibility index (Phi) is 14.5. The van der Waals surface area contributed by atoms with E-state index in [4.69, 9.17) is 11.6 Å². The molecule has 0 nitrogen and oxygen atoms in total. The SMILES string of the molecule is ClCCCCCCCCCC/C=C/C[P+](c1ccccc1)(c1ccccc1)c1ccccc1.[Br-]. The summed E-state index contributed by atoms with van der Waals surface area (Å²) in [6.07, 6.45) is 17.7. The Morgan fingerprint density at radius 3 is 1.29 bits per heavy atom. The number of alkyl halides is 1. The van der Waals surface area contributed by atoms with Gasteiger partial charge >= 0.3 is 0 Å². The van der Waals surface area contributed by atoms with Crippen molar-refractivity contribution in [3.63, 3.8) is 0 Å². The van der Waals surface area contributed by atoms with Crippen molar-refractivity contribution in [1.29, 1.82) is 0 Å². The number of rotatable bonds is 15. The van der Waals surface area contributed by atoms with E-state index in [-0.39, 0.29) is 17.0 Å². The van der Waals surface area contributed by atoms with Crippen LogP contribution < -0.4 is 32.9 Å². The molecule has 0 aliphatic rings. The molecule has 3 heteroatoms. The van der Waals surface area contributed by atoms with Crippen LogP contribution in [0.3, 0.4) is 0 Å². The van der Waals surface area contributed by atoms with E-state index in [0.717, 1.165) is 12.0 Å². The summed E-state index contributed by atoms with van der Waals surface area (Å²) in [6, 6.07) is 33.5. The van der Waals surface area contributed by atoms with Gasteiger partial charge in [0.25, 0.3) is 0 Å². The molecule has 0 spiro atoms. The number of hydrogen-bond donors (Lipinski definition) is 0. The Bertz CT molecular complexity index is 815. The summed E-state index contributed by atoms with van der Waals surface area (Å²) in [7, 11) is -1.73. The van der Waals surface area contributed by atoms with E-state index < -0.39 is 7.26 Å². The first kappa shape index (κ1) is 28.8. The lowest BCUT2D eigenvalue weighted by atomic mass is 10.1. The molecule has 0 saturated carbocycles. The summed E-state index contributed by atoms with van der Waals surface area (Å²) in [6.45, 7) is 0. The molecule has 0 fully saturated rings. The molecule has 0 amide bonds. The van der Waals surface area contributed by atoms with Crippen LogP contribution in [0, 0.1) is 0 Å². The fraction of sp³-hybridized carbons (Fsp3) is 0.355. The second kappa shape index (κ2) is 17.1. The minimum atomic E-state index is -1.73. The van der Waals surface area contributed by atoms with Gasteiger partial charge in [0, 0.05) is 5.88 Å². The Labute approximate surface area is 224 Å². The van der Waals surface area contributed by atoms with Crippen molar-refractivity contribution in [2.75, 3.05) is 12.0 Å². The highest BCUT2D eigenvalue weighted by Crippen LogP contribution is 2.55. The number of unbranched alkanes of at least 4 members (excludes halogenated alkanes) is 8. The van der Waals surface area contributed by atoms with Crippen molar-refractivity contribution >= 4 is 34.8 Å². The topological polar surface area (TPSA) is 0 Å². The quantitative estimate of drug-likeness (QED) is 0.103. The molecule has 0 aliphatic carbocycles. The molecular formula is C31H39BrClP. The fourth-order valence-corrected chi connectivity index (χ4v) is 8.80. The molecular weight excluding hydrogens is 519 g/mol. The first-order chi connectivity index (χ1) is 16.4. The summed E-state index contributed by atoms with van der Waals surface area (Å²) in [5, 5.41) is 4.38. The molecule has 0 aliphatic heterocycles. The number of hydrogen-bond acceptors (Lipinski definition) is 0. The molecule has 0 heterocycles. The standard InChI is InChI=1S/C31H39ClP.BrH/c32-27-19-8-6-4-2-1-3-5-7-9-20-28-33(29-21-13-10-14-22-29,30-23-15-11-16-24-30)31-25-17-12-18-26-31;/h9-18,20-26H,1-8,19,27-28H2;1H/q+1;/p-1/b20-9+;. The average molecular weight is 558 g/mol. The minimum Gasteiger partial charge on any atom is -1.00 e. The van der Waals surface area contributed by atoms with Crippen LogP contribution in [0.4, 0.5) is 0 Å². The molecule has 0 aromatic heterocycles. The Balaban J connectivity index is 0.00000408. The molecule has 0 saturated heterocycles. The predicted molar refractivity (Wildman–Crippen MR) is 151 cm³/mol. The van der Waals surface area contributed by atoms with Gasteiger partial charge in [0.2, 0.25) is 0 Å². The third kappa shape index (κ3) is 8.67. The Morgan fingerprint density at radius 2 is 0.882 bits per heavy atom. The summed E-state index contributed by atoms with van der Waals surface area (Å²) in [5.41, 5.74) is 0. The van der Waals surface area contributed by atoms with Crippen LogP contribution in [-0.2, 0) is 0 Å². The predicted octanol–water partition coefficient (Wildman–Crippen LogP) is 5.29. The Morgan fingerprint density at radius 1 is 0.500 bits per heavy atom. The van der Waals surface area contributed by atoms with Gasteiger partial charge in [0.05, 0.1) is 6.16 Å². The normalized spacial score (nSPS) is 11.4. The van der Waals surface area contributed by atoms with Crippen LogP contribution in [0.1, 0.15) is 57.8 Å². The maximum atomic E-state index is 5.75. The molecule has 0 unspecified atom stereocenters. The van der Waals surface area contributed by atoms with E-state index in [1.807, 2.05) is 0 Å². The molecule has 0 bridgehead atoms. The monoisotopic (exact) mass is 556 g/mol. The van der Waals surface area contributed by atoms with Crippen LogP contribution in [0.2, 0.25) is 0 Å². The van der Waals surface area contributed by atoms with Crippen molar-refractivity contribution in [3.05, 3.63) is 103 Å². The highest BCUT2D eigenvalue weighted by Gasteiger charge is 2.43. The average Bonchev–Trinajstić information content (AvgIpc) is 2.89. The van der Waals surface area contributed by atoms with Crippen molar-refractivity contribution in [1.82, 2.24) is 0 Å². The molecule has 0 atom stereocenters. The number of allylic oxidation sites excluding steroid dienone is 2. The third-order valence-electron chi connectivity index (χ3n) is 6.39. The van der Waals surface area contributed by atoms with E-state index in [1.165, 1.54) is 73.7 Å². The van der Waals surface area contributed by atoms with Crippen LogP contribution >= 0.6 is 18.9 Å². The van der Waals surface area contributed by atoms with E-state index >= 15 is 0 Å². The van der Waals surface area contributed by atoms with Gasteiger partial charge in [-0.05, 0) is 55.7 Å². The second-order valence-electron chi connectivity index (χ2n) is 8.78. The van der Waals surface area contributed by atoms with Gasteiger partial charge < -0.3 is 17.0 Å². The molecule has 3 rings (SSSR count). The lowest BCUT2D eigenvalue weighted by molar-refractivity contribution is -0.00000654. The van der Waals surface area contributed by atoms with Crippen LogP contribution in [0.25, 0.3) is 0 Å². The summed E-state index contributed by atoms with van der Waals surface area (Å²) in [5.74, 6) is 0.814. The lowest BCUT2D eigenvalue weighted by Crippen LogP contribution is -3.00. The van der Waals surface area contributed by atoms with Gasteiger partial charge in [0.15, 0.2) is 0 Å². The molecule has 0 radical (unpaired) electrons. The zero-order valence-electron chi connectivity index (χ0n) is 20.3. The smallest absolute Gasteiger partial charge is 0.115 e. The first-order valence-electron chi connectivity index (χ1n) is 12.6. The summed E-state index contributed by atoms with van der Waals surface area (Å²) >= 11 is 5.75. The number of benzene rings is 3. The van der Waals surface area contributed by atoms with E-state index in [1.54, 1.807) is 0 Å². The largest absolute Gasteiger partial charge is 1.00 e. The van der Waals surface area contributed by atoms with Crippen molar-refractivity contribution in [3.8, 4) is 0 Å². The van der Waals surface area contributed by atoms with Crippen LogP contribution in [0.15, 0.2) is 103 Å². The van der Waals surface area contributed by atoms with E-state index in [2.05, 4.69) is 103 Å². The Hall–Kier alpha value is -1.40. The van der Waals surface area contributed by atoms with Gasteiger partial charge in [-0.15, -0.1) is 11.6 Å². The molecule has 0 N–H and O–H groups in total. The molecule has 34 heavy (non-hydrogen) atoms. The fourth-order valence-electron chi connectivity index (χ4n) is 4.58. The summed E-state index contributed by atoms with van der Waals surface area (Å²) in [4.78, 5) is 0. The molecule has 182 valence electrons. The molecule has 3 aromatic rings. The number of halogens is 2. The highest BCUT2D eigenvalue weighted by atomic mass is 79.9. The van der Waals surface area contributed by atoms with Crippen molar-refractivity contribution < 1.29 is 17.0 Å². The van der Waals surface area contributed by atoms with Crippen LogP contribution in [-0.4, -0.2) is 12.0 Å². The summed E-state index contributed by atoms with van der Waals surface area (Å²) < 4.78 is 0. The van der Waals surface area contributed by atoms with Gasteiger partial charge in [0.1, 0.15) is 23.2 Å². The van der Waals surface area contributed by atoms with Crippen LogP contribution in [0.5, 0.6) is 0 Å². The van der Waals surface area contributed by atoms with Gasteiger partial charge in [-0.25, -0.2) is 0 Å². The van der Waals surface area contributed by atoms with Crippen molar-refractivity contribution in [2.24, 2.45) is 0 Å². The zero-order chi connectivity index (χ0) is 23.0. The first-order valence-corrected chi connectivity index (χ1v) is 15.1. The maximum Gasteiger partial charge on any atom is 0.115 e. The third-order valence-corrected chi connectivity index (χ3v) is 11.0. The van der Waals surface area contributed by atoms with Crippen molar-refractivity contribution in [2.45, 2.75) is 57.8 Å². The second-order valence-corrected chi connectivity index (χ2v) is 12.7. The minimum absolute atomic E-state index is 0. The maximum absolute atomic E-state index is 5.75. The van der Waals surface area contributed by atoms with Gasteiger partial charge in [-0.1, -0.05) is 105 Å².